The predicted molar refractivity (Wildman–Crippen MR) is 111 cm³/mol. The van der Waals surface area contributed by atoms with Gasteiger partial charge in [0.1, 0.15) is 5.69 Å². The number of piperazine rings is 1. The van der Waals surface area contributed by atoms with E-state index in [0.29, 0.717) is 24.3 Å². The Morgan fingerprint density at radius 1 is 1.07 bits per heavy atom. The number of benzene rings is 2. The number of hydrogen-bond donors (Lipinski definition) is 1. The average molecular weight is 382 g/mol. The number of aryl methyl sites for hydroxylation is 1. The molecule has 3 rings (SSSR count). The number of rotatable bonds is 5. The van der Waals surface area contributed by atoms with Gasteiger partial charge in [0.2, 0.25) is 0 Å². The maximum atomic E-state index is 12.2. The van der Waals surface area contributed by atoms with E-state index in [9.17, 15) is 14.9 Å². The molecule has 2 aromatic rings. The summed E-state index contributed by atoms with van der Waals surface area (Å²) in [6.45, 7) is 8.73. The third-order valence-electron chi connectivity index (χ3n) is 4.84. The van der Waals surface area contributed by atoms with E-state index in [1.165, 1.54) is 17.3 Å². The smallest absolute Gasteiger partial charge is 0.293 e. The van der Waals surface area contributed by atoms with Crippen molar-refractivity contribution in [3.05, 3.63) is 63.7 Å². The molecule has 0 radical (unpaired) electrons. The van der Waals surface area contributed by atoms with Crippen LogP contribution in [-0.2, 0) is 0 Å². The number of anilines is 2. The minimum atomic E-state index is -0.408. The molecule has 1 aliphatic rings. The molecule has 1 aliphatic heterocycles. The highest BCUT2D eigenvalue weighted by atomic mass is 16.6. The highest BCUT2D eigenvalue weighted by Crippen LogP contribution is 2.31. The molecule has 0 saturated carbocycles. The van der Waals surface area contributed by atoms with Crippen molar-refractivity contribution in [3.63, 3.8) is 0 Å². The summed E-state index contributed by atoms with van der Waals surface area (Å²) in [5.41, 5.74) is 3.23. The van der Waals surface area contributed by atoms with Gasteiger partial charge in [0, 0.05) is 49.5 Å². The van der Waals surface area contributed by atoms with Gasteiger partial charge in [0.15, 0.2) is 0 Å². The summed E-state index contributed by atoms with van der Waals surface area (Å²) in [6.07, 6.45) is 0. The van der Waals surface area contributed by atoms with Crippen molar-refractivity contribution in [2.75, 3.05) is 36.0 Å². The molecule has 0 aliphatic carbocycles. The first-order chi connectivity index (χ1) is 13.3. The van der Waals surface area contributed by atoms with E-state index < -0.39 is 4.92 Å². The zero-order chi connectivity index (χ0) is 20.3. The van der Waals surface area contributed by atoms with Gasteiger partial charge in [-0.15, -0.1) is 0 Å². The molecule has 7 nitrogen and oxygen atoms in total. The van der Waals surface area contributed by atoms with Gasteiger partial charge in [-0.2, -0.15) is 0 Å². The van der Waals surface area contributed by atoms with Crippen LogP contribution in [0.2, 0.25) is 0 Å². The van der Waals surface area contributed by atoms with E-state index in [1.54, 1.807) is 12.1 Å². The van der Waals surface area contributed by atoms with E-state index in [4.69, 9.17) is 0 Å². The second kappa shape index (κ2) is 8.29. The maximum absolute atomic E-state index is 12.2. The van der Waals surface area contributed by atoms with Crippen LogP contribution < -0.4 is 15.1 Å². The Balaban J connectivity index is 1.76. The summed E-state index contributed by atoms with van der Waals surface area (Å²) in [4.78, 5) is 27.7. The number of carbonyl (C=O) groups is 1. The number of nitrogens with zero attached hydrogens (tertiary/aromatic N) is 3. The number of carbonyl (C=O) groups excluding carboxylic acids is 1. The third-order valence-corrected chi connectivity index (χ3v) is 4.84. The van der Waals surface area contributed by atoms with Gasteiger partial charge < -0.3 is 15.1 Å². The Morgan fingerprint density at radius 2 is 1.75 bits per heavy atom. The summed E-state index contributed by atoms with van der Waals surface area (Å²) in [5.74, 6) is -0.297. The second-order valence-corrected chi connectivity index (χ2v) is 7.40. The van der Waals surface area contributed by atoms with Crippen LogP contribution >= 0.6 is 0 Å². The largest absolute Gasteiger partial charge is 0.368 e. The van der Waals surface area contributed by atoms with Crippen LogP contribution in [0.4, 0.5) is 17.1 Å². The predicted octanol–water partition coefficient (Wildman–Crippen LogP) is 3.37. The molecule has 1 fully saturated rings. The van der Waals surface area contributed by atoms with Crippen molar-refractivity contribution < 1.29 is 9.72 Å². The molecule has 28 heavy (non-hydrogen) atoms. The minimum Gasteiger partial charge on any atom is -0.368 e. The molecular formula is C21H26N4O3. The molecule has 0 bridgehead atoms. The normalized spacial score (nSPS) is 14.3. The van der Waals surface area contributed by atoms with Crippen LogP contribution in [0.15, 0.2) is 42.5 Å². The first-order valence-electron chi connectivity index (χ1n) is 9.51. The summed E-state index contributed by atoms with van der Waals surface area (Å²) in [7, 11) is 0. The van der Waals surface area contributed by atoms with E-state index in [-0.39, 0.29) is 17.6 Å². The zero-order valence-electron chi connectivity index (χ0n) is 16.5. The first-order valence-corrected chi connectivity index (χ1v) is 9.51. The maximum Gasteiger partial charge on any atom is 0.293 e. The molecule has 0 unspecified atom stereocenters. The van der Waals surface area contributed by atoms with Gasteiger partial charge in [-0.25, -0.2) is 0 Å². The van der Waals surface area contributed by atoms with Crippen LogP contribution in [-0.4, -0.2) is 43.1 Å². The lowest BCUT2D eigenvalue weighted by atomic mass is 10.1. The topological polar surface area (TPSA) is 78.7 Å². The van der Waals surface area contributed by atoms with E-state index >= 15 is 0 Å². The molecule has 1 amide bonds. The molecule has 0 aromatic heterocycles. The van der Waals surface area contributed by atoms with Gasteiger partial charge in [0.25, 0.3) is 11.6 Å². The molecule has 2 aromatic carbocycles. The lowest BCUT2D eigenvalue weighted by Crippen LogP contribution is -2.46. The molecular weight excluding hydrogens is 356 g/mol. The van der Waals surface area contributed by atoms with Crippen molar-refractivity contribution in [1.82, 2.24) is 5.32 Å². The Labute approximate surface area is 165 Å². The average Bonchev–Trinajstić information content (AvgIpc) is 2.67. The SMILES string of the molecule is Cc1cccc(N2CCN(c3ccc(C(=O)NC(C)C)cc3[N+](=O)[O-])CC2)c1. The van der Waals surface area contributed by atoms with E-state index in [2.05, 4.69) is 35.3 Å². The molecule has 1 saturated heterocycles. The van der Waals surface area contributed by atoms with Gasteiger partial charge >= 0.3 is 0 Å². The summed E-state index contributed by atoms with van der Waals surface area (Å²) in [5, 5.41) is 14.4. The van der Waals surface area contributed by atoms with Crippen molar-refractivity contribution in [2.45, 2.75) is 26.8 Å². The highest BCUT2D eigenvalue weighted by Gasteiger charge is 2.25. The number of nitro groups is 1. The Bertz CT molecular complexity index is 874. The van der Waals surface area contributed by atoms with Crippen molar-refractivity contribution in [1.29, 1.82) is 0 Å². The highest BCUT2D eigenvalue weighted by molar-refractivity contribution is 5.96. The van der Waals surface area contributed by atoms with Crippen LogP contribution in [0.5, 0.6) is 0 Å². The molecule has 7 heteroatoms. The minimum absolute atomic E-state index is 0.0269. The van der Waals surface area contributed by atoms with Gasteiger partial charge in [-0.05, 0) is 50.6 Å². The van der Waals surface area contributed by atoms with Crippen LogP contribution in [0.3, 0.4) is 0 Å². The van der Waals surface area contributed by atoms with E-state index in [1.807, 2.05) is 24.8 Å². The molecule has 0 atom stereocenters. The fourth-order valence-corrected chi connectivity index (χ4v) is 3.45. The molecule has 0 spiro atoms. The van der Waals surface area contributed by atoms with Gasteiger partial charge in [-0.1, -0.05) is 12.1 Å². The Morgan fingerprint density at radius 3 is 2.36 bits per heavy atom. The fraction of sp³-hybridized carbons (Fsp3) is 0.381. The lowest BCUT2D eigenvalue weighted by Gasteiger charge is -2.37. The third kappa shape index (κ3) is 4.42. The zero-order valence-corrected chi connectivity index (χ0v) is 16.5. The standard InChI is InChI=1S/C21H26N4O3/c1-15(2)22-21(26)17-7-8-19(20(14-17)25(27)28)24-11-9-23(10-12-24)18-6-4-5-16(3)13-18/h4-8,13-15H,9-12H2,1-3H3,(H,22,26). The fourth-order valence-electron chi connectivity index (χ4n) is 3.45. The summed E-state index contributed by atoms with van der Waals surface area (Å²) in [6, 6.07) is 13.1. The van der Waals surface area contributed by atoms with Gasteiger partial charge in [-0.3, -0.25) is 14.9 Å². The van der Waals surface area contributed by atoms with Crippen molar-refractivity contribution in [2.24, 2.45) is 0 Å². The summed E-state index contributed by atoms with van der Waals surface area (Å²) < 4.78 is 0. The summed E-state index contributed by atoms with van der Waals surface area (Å²) >= 11 is 0. The molecule has 1 N–H and O–H groups in total. The number of nitro benzene ring substituents is 1. The van der Waals surface area contributed by atoms with Crippen LogP contribution in [0.25, 0.3) is 0 Å². The van der Waals surface area contributed by atoms with Gasteiger partial charge in [0.05, 0.1) is 4.92 Å². The lowest BCUT2D eigenvalue weighted by molar-refractivity contribution is -0.384. The van der Waals surface area contributed by atoms with Crippen molar-refractivity contribution >= 4 is 23.0 Å². The Hall–Kier alpha value is -3.09. The monoisotopic (exact) mass is 382 g/mol. The van der Waals surface area contributed by atoms with Crippen molar-refractivity contribution in [3.8, 4) is 0 Å². The molecule has 1 heterocycles. The van der Waals surface area contributed by atoms with Crippen LogP contribution in [0, 0.1) is 17.0 Å². The number of amides is 1. The Kier molecular flexibility index (Phi) is 5.82. The number of nitrogens with one attached hydrogen (secondary N) is 1. The first kappa shape index (κ1) is 19.7. The molecule has 148 valence electrons. The van der Waals surface area contributed by atoms with Crippen LogP contribution in [0.1, 0.15) is 29.8 Å². The quantitative estimate of drug-likeness (QED) is 0.634. The number of hydrogen-bond acceptors (Lipinski definition) is 5. The second-order valence-electron chi connectivity index (χ2n) is 7.40. The van der Waals surface area contributed by atoms with E-state index in [0.717, 1.165) is 13.1 Å².